The number of thiophene rings is 1. The topological polar surface area (TPSA) is 16.4 Å². The number of rotatable bonds is 6. The Morgan fingerprint density at radius 3 is 2.00 bits per heavy atom. The fraction of sp³-hybridized carbons (Fsp3) is 0.0870. The highest BCUT2D eigenvalue weighted by atomic mass is 32.1. The zero-order valence-electron chi connectivity index (χ0n) is 27.2. The Balaban J connectivity index is 1.18. The minimum Gasteiger partial charge on any atom is -0.456 e. The monoisotopic (exact) mass is 647 g/mol. The third-order valence-electron chi connectivity index (χ3n) is 10.7. The van der Waals surface area contributed by atoms with Crippen LogP contribution in [-0.4, -0.2) is 0 Å². The predicted octanol–water partition coefficient (Wildman–Crippen LogP) is 12.8. The van der Waals surface area contributed by atoms with Gasteiger partial charge < -0.3 is 9.32 Å². The average Bonchev–Trinajstić information content (AvgIpc) is 3.80. The lowest BCUT2D eigenvalue weighted by Crippen LogP contribution is -2.26. The zero-order valence-corrected chi connectivity index (χ0v) is 28.0. The van der Waals surface area contributed by atoms with Crippen molar-refractivity contribution in [1.29, 1.82) is 0 Å². The smallest absolute Gasteiger partial charge is 0.135 e. The van der Waals surface area contributed by atoms with Gasteiger partial charge in [-0.2, -0.15) is 0 Å². The van der Waals surface area contributed by atoms with Crippen molar-refractivity contribution in [1.82, 2.24) is 0 Å². The second-order valence-corrected chi connectivity index (χ2v) is 14.6. The summed E-state index contributed by atoms with van der Waals surface area (Å²) in [6, 6.07) is 57.5. The quantitative estimate of drug-likeness (QED) is 0.179. The molecule has 49 heavy (non-hydrogen) atoms. The number of para-hydroxylation sites is 2. The molecular formula is C46H33NOS. The Kier molecular flexibility index (Phi) is 6.34. The molecule has 3 heteroatoms. The number of anilines is 2. The molecule has 1 aliphatic carbocycles. The number of furan rings is 1. The highest BCUT2D eigenvalue weighted by molar-refractivity contribution is 7.25. The molecule has 0 radical (unpaired) electrons. The van der Waals surface area contributed by atoms with E-state index in [1.807, 2.05) is 11.3 Å². The van der Waals surface area contributed by atoms with Crippen molar-refractivity contribution in [3.8, 4) is 11.1 Å². The molecule has 0 bridgehead atoms. The van der Waals surface area contributed by atoms with Gasteiger partial charge in [0.1, 0.15) is 11.2 Å². The van der Waals surface area contributed by atoms with Crippen LogP contribution in [0.2, 0.25) is 0 Å². The van der Waals surface area contributed by atoms with Crippen molar-refractivity contribution < 1.29 is 4.42 Å². The standard InChI is InChI=1S/C46H33NOS/c1-46(39-19-9-5-15-33(39)34-16-6-10-20-40(34)46)28-38-30(23-26-42-45(38)37-18-7-11-21-41(37)48-42)29-47(31-13-3-2-4-14-31)32-24-25-36-35-17-8-12-22-43(35)49-44(36)27-32/h2-27H,28-29H2,1H3. The third-order valence-corrected chi connectivity index (χ3v) is 11.8. The summed E-state index contributed by atoms with van der Waals surface area (Å²) in [5.74, 6) is 0. The van der Waals surface area contributed by atoms with E-state index in [2.05, 4.69) is 170 Å². The summed E-state index contributed by atoms with van der Waals surface area (Å²) in [4.78, 5) is 2.48. The van der Waals surface area contributed by atoms with Crippen molar-refractivity contribution in [2.75, 3.05) is 4.90 Å². The van der Waals surface area contributed by atoms with Gasteiger partial charge in [-0.3, -0.25) is 0 Å². The summed E-state index contributed by atoms with van der Waals surface area (Å²) >= 11 is 1.87. The molecule has 0 aliphatic heterocycles. The summed E-state index contributed by atoms with van der Waals surface area (Å²) in [5.41, 5.74) is 12.2. The van der Waals surface area contributed by atoms with Crippen LogP contribution in [0.15, 0.2) is 162 Å². The van der Waals surface area contributed by atoms with Gasteiger partial charge in [0.05, 0.1) is 0 Å². The van der Waals surface area contributed by atoms with Crippen LogP contribution in [0.5, 0.6) is 0 Å². The molecule has 0 N–H and O–H groups in total. The Morgan fingerprint density at radius 2 is 1.20 bits per heavy atom. The molecule has 0 saturated heterocycles. The molecule has 0 atom stereocenters. The maximum atomic E-state index is 6.52. The molecular weight excluding hydrogens is 615 g/mol. The van der Waals surface area contributed by atoms with Crippen LogP contribution in [0.4, 0.5) is 11.4 Å². The average molecular weight is 648 g/mol. The summed E-state index contributed by atoms with van der Waals surface area (Å²) in [6.45, 7) is 3.16. The first-order valence-corrected chi connectivity index (χ1v) is 17.8. The van der Waals surface area contributed by atoms with Gasteiger partial charge in [0.2, 0.25) is 0 Å². The number of nitrogens with zero attached hydrogens (tertiary/aromatic N) is 1. The molecule has 234 valence electrons. The number of hydrogen-bond donors (Lipinski definition) is 0. The van der Waals surface area contributed by atoms with Crippen molar-refractivity contribution in [3.05, 3.63) is 180 Å². The Labute approximate surface area is 289 Å². The van der Waals surface area contributed by atoms with Crippen LogP contribution < -0.4 is 4.90 Å². The highest BCUT2D eigenvalue weighted by Crippen LogP contribution is 2.51. The van der Waals surface area contributed by atoms with Gasteiger partial charge in [-0.15, -0.1) is 11.3 Å². The second-order valence-electron chi connectivity index (χ2n) is 13.5. The number of fused-ring (bicyclic) bond motifs is 9. The lowest BCUT2D eigenvalue weighted by molar-refractivity contribution is 0.581. The van der Waals surface area contributed by atoms with E-state index in [4.69, 9.17) is 4.42 Å². The van der Waals surface area contributed by atoms with Crippen LogP contribution in [0, 0.1) is 0 Å². The van der Waals surface area contributed by atoms with E-state index >= 15 is 0 Å². The van der Waals surface area contributed by atoms with Gasteiger partial charge >= 0.3 is 0 Å². The van der Waals surface area contributed by atoms with E-state index in [0.717, 1.165) is 24.1 Å². The van der Waals surface area contributed by atoms with Crippen LogP contribution >= 0.6 is 11.3 Å². The van der Waals surface area contributed by atoms with Crippen LogP contribution in [0.1, 0.15) is 29.2 Å². The van der Waals surface area contributed by atoms with E-state index in [0.29, 0.717) is 0 Å². The van der Waals surface area contributed by atoms with Crippen LogP contribution in [0.3, 0.4) is 0 Å². The molecule has 7 aromatic carbocycles. The van der Waals surface area contributed by atoms with Crippen LogP contribution in [0.25, 0.3) is 53.2 Å². The molecule has 0 unspecified atom stereocenters. The van der Waals surface area contributed by atoms with E-state index in [1.54, 1.807) is 0 Å². The first kappa shape index (κ1) is 28.4. The summed E-state index contributed by atoms with van der Waals surface area (Å²) in [6.07, 6.45) is 0.856. The van der Waals surface area contributed by atoms with E-state index in [-0.39, 0.29) is 5.41 Å². The lowest BCUT2D eigenvalue weighted by atomic mass is 9.74. The largest absolute Gasteiger partial charge is 0.456 e. The van der Waals surface area contributed by atoms with Crippen molar-refractivity contribution in [2.45, 2.75) is 25.3 Å². The Bertz CT molecular complexity index is 2650. The SMILES string of the molecule is CC1(Cc2c(CN(c3ccccc3)c3ccc4c(c3)sc3ccccc34)ccc3oc4ccccc4c23)c2ccccc2-c2ccccc21. The molecule has 0 amide bonds. The van der Waals surface area contributed by atoms with Crippen molar-refractivity contribution in [3.63, 3.8) is 0 Å². The molecule has 2 heterocycles. The maximum absolute atomic E-state index is 6.52. The normalized spacial score (nSPS) is 13.3. The molecule has 2 aromatic heterocycles. The van der Waals surface area contributed by atoms with Gasteiger partial charge in [0.25, 0.3) is 0 Å². The molecule has 2 nitrogen and oxygen atoms in total. The molecule has 0 fully saturated rings. The fourth-order valence-electron chi connectivity index (χ4n) is 8.36. The van der Waals surface area contributed by atoms with Gasteiger partial charge in [-0.05, 0) is 82.3 Å². The Morgan fingerprint density at radius 1 is 0.551 bits per heavy atom. The number of hydrogen-bond acceptors (Lipinski definition) is 3. The van der Waals surface area contributed by atoms with E-state index in [1.165, 1.54) is 75.7 Å². The zero-order chi connectivity index (χ0) is 32.5. The van der Waals surface area contributed by atoms with E-state index in [9.17, 15) is 0 Å². The minimum absolute atomic E-state index is 0.206. The van der Waals surface area contributed by atoms with Gasteiger partial charge in [-0.1, -0.05) is 122 Å². The summed E-state index contributed by atoms with van der Waals surface area (Å²) in [7, 11) is 0. The lowest BCUT2D eigenvalue weighted by Gasteiger charge is -2.31. The summed E-state index contributed by atoms with van der Waals surface area (Å²) in [5, 5.41) is 5.04. The Hall–Kier alpha value is -5.64. The van der Waals surface area contributed by atoms with Gasteiger partial charge in [0.15, 0.2) is 0 Å². The predicted molar refractivity (Wildman–Crippen MR) is 207 cm³/mol. The first-order valence-electron chi connectivity index (χ1n) is 17.0. The van der Waals surface area contributed by atoms with Gasteiger partial charge in [-0.25, -0.2) is 0 Å². The maximum Gasteiger partial charge on any atom is 0.135 e. The molecule has 0 saturated carbocycles. The second kappa shape index (κ2) is 10.9. The molecule has 1 aliphatic rings. The fourth-order valence-corrected chi connectivity index (χ4v) is 9.50. The first-order chi connectivity index (χ1) is 24.2. The summed E-state index contributed by atoms with van der Waals surface area (Å²) < 4.78 is 9.16. The van der Waals surface area contributed by atoms with Crippen LogP contribution in [-0.2, 0) is 18.4 Å². The van der Waals surface area contributed by atoms with Gasteiger partial charge in [0, 0.05) is 54.3 Å². The molecule has 9 aromatic rings. The third kappa shape index (κ3) is 4.39. The number of benzene rings is 7. The highest BCUT2D eigenvalue weighted by Gasteiger charge is 2.40. The molecule has 10 rings (SSSR count). The minimum atomic E-state index is -0.206. The van der Waals surface area contributed by atoms with Crippen molar-refractivity contribution >= 4 is 64.8 Å². The van der Waals surface area contributed by atoms with Crippen molar-refractivity contribution in [2.24, 2.45) is 0 Å². The molecule has 0 spiro atoms. The van der Waals surface area contributed by atoms with E-state index < -0.39 is 0 Å².